The van der Waals surface area contributed by atoms with Crippen LogP contribution in [0.3, 0.4) is 0 Å². The molecule has 0 amide bonds. The molecule has 0 unspecified atom stereocenters. The first-order chi connectivity index (χ1) is 8.95. The molecule has 0 spiro atoms. The van der Waals surface area contributed by atoms with Gasteiger partial charge < -0.3 is 4.74 Å². The van der Waals surface area contributed by atoms with Crippen LogP contribution in [0.15, 0.2) is 4.47 Å². The molecule has 102 valence electrons. The van der Waals surface area contributed by atoms with Gasteiger partial charge in [0.25, 0.3) is 0 Å². The van der Waals surface area contributed by atoms with Crippen molar-refractivity contribution in [1.29, 1.82) is 5.26 Å². The van der Waals surface area contributed by atoms with E-state index in [1.54, 1.807) is 7.11 Å². The molecule has 0 heterocycles. The van der Waals surface area contributed by atoms with Crippen molar-refractivity contribution in [3.63, 3.8) is 0 Å². The van der Waals surface area contributed by atoms with Crippen molar-refractivity contribution in [3.05, 3.63) is 26.7 Å². The van der Waals surface area contributed by atoms with Gasteiger partial charge in [-0.25, -0.2) is 0 Å². The Hall–Kier alpha value is -1.01. The number of hydrogen-bond acceptors (Lipinski definition) is 2. The summed E-state index contributed by atoms with van der Waals surface area (Å²) in [7, 11) is 1.72. The third-order valence-corrected chi connectivity index (χ3v) is 5.74. The zero-order chi connectivity index (χ0) is 14.2. The number of methoxy groups -OCH3 is 1. The average molecular weight is 322 g/mol. The number of ether oxygens (including phenoxy) is 1. The first-order valence-corrected chi connectivity index (χ1v) is 7.48. The van der Waals surface area contributed by atoms with E-state index in [0.717, 1.165) is 29.5 Å². The molecule has 0 aromatic heterocycles. The Morgan fingerprint density at radius 2 is 1.84 bits per heavy atom. The maximum atomic E-state index is 9.44. The molecule has 0 saturated heterocycles. The fourth-order valence-corrected chi connectivity index (χ4v) is 3.44. The molecule has 1 aliphatic rings. The SMILES string of the molecule is COc1c(C)c(C)c(Br)c(C)c1CC1(C#N)CCC1. The van der Waals surface area contributed by atoms with Crippen LogP contribution in [-0.2, 0) is 6.42 Å². The summed E-state index contributed by atoms with van der Waals surface area (Å²) in [6.45, 7) is 6.29. The molecule has 19 heavy (non-hydrogen) atoms. The van der Waals surface area contributed by atoms with Crippen molar-refractivity contribution >= 4 is 15.9 Å². The van der Waals surface area contributed by atoms with Gasteiger partial charge in [-0.2, -0.15) is 5.26 Å². The molecule has 1 aromatic rings. The predicted octanol–water partition coefficient (Wildman–Crippen LogP) is 4.62. The predicted molar refractivity (Wildman–Crippen MR) is 80.5 cm³/mol. The van der Waals surface area contributed by atoms with Gasteiger partial charge in [0.1, 0.15) is 5.75 Å². The van der Waals surface area contributed by atoms with Crippen molar-refractivity contribution in [2.24, 2.45) is 5.41 Å². The van der Waals surface area contributed by atoms with E-state index in [4.69, 9.17) is 4.74 Å². The average Bonchev–Trinajstić information content (AvgIpc) is 2.37. The van der Waals surface area contributed by atoms with Crippen LogP contribution in [0.4, 0.5) is 0 Å². The quantitative estimate of drug-likeness (QED) is 0.813. The van der Waals surface area contributed by atoms with E-state index in [1.165, 1.54) is 28.7 Å². The van der Waals surface area contributed by atoms with E-state index < -0.39 is 0 Å². The van der Waals surface area contributed by atoms with E-state index in [-0.39, 0.29) is 5.41 Å². The van der Waals surface area contributed by atoms with Crippen molar-refractivity contribution in [2.45, 2.75) is 46.5 Å². The van der Waals surface area contributed by atoms with E-state index in [0.29, 0.717) is 0 Å². The molecule has 2 nitrogen and oxygen atoms in total. The van der Waals surface area contributed by atoms with Crippen LogP contribution in [-0.4, -0.2) is 7.11 Å². The van der Waals surface area contributed by atoms with Gasteiger partial charge in [0.15, 0.2) is 0 Å². The van der Waals surface area contributed by atoms with E-state index in [1.807, 2.05) is 0 Å². The standard InChI is InChI=1S/C16H20BrNO/c1-10-11(2)15(19-4)13(12(3)14(10)17)8-16(9-18)6-5-7-16/h5-8H2,1-4H3. The lowest BCUT2D eigenvalue weighted by molar-refractivity contribution is 0.211. The highest BCUT2D eigenvalue weighted by atomic mass is 79.9. The topological polar surface area (TPSA) is 33.0 Å². The van der Waals surface area contributed by atoms with Gasteiger partial charge in [-0.05, 0) is 56.7 Å². The molecule has 1 aliphatic carbocycles. The van der Waals surface area contributed by atoms with Crippen LogP contribution in [0.1, 0.15) is 41.5 Å². The normalized spacial score (nSPS) is 16.6. The molecule has 1 aromatic carbocycles. The number of nitrogens with zero attached hydrogens (tertiary/aromatic N) is 1. The summed E-state index contributed by atoms with van der Waals surface area (Å²) in [6, 6.07) is 2.52. The van der Waals surface area contributed by atoms with Gasteiger partial charge in [-0.1, -0.05) is 22.4 Å². The van der Waals surface area contributed by atoms with Crippen molar-refractivity contribution in [2.75, 3.05) is 7.11 Å². The fourth-order valence-electron chi connectivity index (χ4n) is 2.90. The van der Waals surface area contributed by atoms with E-state index in [9.17, 15) is 5.26 Å². The summed E-state index contributed by atoms with van der Waals surface area (Å²) in [5.74, 6) is 0.958. The molecule has 1 saturated carbocycles. The summed E-state index contributed by atoms with van der Waals surface area (Å²) in [4.78, 5) is 0. The highest BCUT2D eigenvalue weighted by Gasteiger charge is 2.38. The van der Waals surface area contributed by atoms with Crippen LogP contribution >= 0.6 is 15.9 Å². The van der Waals surface area contributed by atoms with E-state index in [2.05, 4.69) is 42.8 Å². The molecule has 3 heteroatoms. The minimum absolute atomic E-state index is 0.167. The lowest BCUT2D eigenvalue weighted by Gasteiger charge is -2.36. The van der Waals surface area contributed by atoms with Crippen LogP contribution < -0.4 is 4.74 Å². The van der Waals surface area contributed by atoms with Crippen LogP contribution in [0.2, 0.25) is 0 Å². The smallest absolute Gasteiger partial charge is 0.125 e. The Bertz CT molecular complexity index is 553. The second kappa shape index (κ2) is 5.17. The zero-order valence-electron chi connectivity index (χ0n) is 12.1. The van der Waals surface area contributed by atoms with E-state index >= 15 is 0 Å². The zero-order valence-corrected chi connectivity index (χ0v) is 13.6. The van der Waals surface area contributed by atoms with Gasteiger partial charge >= 0.3 is 0 Å². The molecule has 2 rings (SSSR count). The van der Waals surface area contributed by atoms with Crippen molar-refractivity contribution < 1.29 is 4.74 Å². The van der Waals surface area contributed by atoms with Gasteiger partial charge in [0, 0.05) is 10.0 Å². The number of rotatable bonds is 3. The fraction of sp³-hybridized carbons (Fsp3) is 0.562. The number of nitriles is 1. The Balaban J connectivity index is 2.53. The second-order valence-electron chi connectivity index (χ2n) is 5.62. The number of halogens is 1. The Morgan fingerprint density at radius 3 is 2.26 bits per heavy atom. The van der Waals surface area contributed by atoms with Gasteiger partial charge in [-0.3, -0.25) is 0 Å². The molecule has 0 atom stereocenters. The molecule has 0 aliphatic heterocycles. The van der Waals surface area contributed by atoms with Gasteiger partial charge in [-0.15, -0.1) is 0 Å². The second-order valence-corrected chi connectivity index (χ2v) is 6.42. The maximum Gasteiger partial charge on any atom is 0.125 e. The summed E-state index contributed by atoms with van der Waals surface area (Å²) >= 11 is 3.68. The molecule has 0 bridgehead atoms. The molecule has 1 fully saturated rings. The van der Waals surface area contributed by atoms with Crippen molar-refractivity contribution in [1.82, 2.24) is 0 Å². The monoisotopic (exact) mass is 321 g/mol. The van der Waals surface area contributed by atoms with Crippen LogP contribution in [0, 0.1) is 37.5 Å². The lowest BCUT2D eigenvalue weighted by Crippen LogP contribution is -2.30. The van der Waals surface area contributed by atoms with Gasteiger partial charge in [0.2, 0.25) is 0 Å². The Labute approximate surface area is 123 Å². The maximum absolute atomic E-state index is 9.44. The van der Waals surface area contributed by atoms with Crippen molar-refractivity contribution in [3.8, 4) is 11.8 Å². The highest BCUT2D eigenvalue weighted by Crippen LogP contribution is 2.47. The Morgan fingerprint density at radius 1 is 1.21 bits per heavy atom. The first-order valence-electron chi connectivity index (χ1n) is 6.69. The third-order valence-electron chi connectivity index (χ3n) is 4.56. The molecular formula is C16H20BrNO. The van der Waals surface area contributed by atoms with Gasteiger partial charge in [0.05, 0.1) is 18.6 Å². The molecule has 0 radical (unpaired) electrons. The summed E-state index contributed by atoms with van der Waals surface area (Å²) in [5, 5.41) is 9.44. The summed E-state index contributed by atoms with van der Waals surface area (Å²) in [5.41, 5.74) is 4.62. The summed E-state index contributed by atoms with van der Waals surface area (Å²) < 4.78 is 6.77. The molecule has 0 N–H and O–H groups in total. The summed E-state index contributed by atoms with van der Waals surface area (Å²) in [6.07, 6.45) is 3.99. The number of benzene rings is 1. The minimum atomic E-state index is -0.167. The lowest BCUT2D eigenvalue weighted by atomic mass is 9.66. The van der Waals surface area contributed by atoms with Crippen LogP contribution in [0.25, 0.3) is 0 Å². The highest BCUT2D eigenvalue weighted by molar-refractivity contribution is 9.10. The minimum Gasteiger partial charge on any atom is -0.496 e. The van der Waals surface area contributed by atoms with Crippen LogP contribution in [0.5, 0.6) is 5.75 Å². The first kappa shape index (κ1) is 14.4. The Kier molecular flexibility index (Phi) is 3.92. The largest absolute Gasteiger partial charge is 0.496 e. The molecular weight excluding hydrogens is 302 g/mol. The third kappa shape index (κ3) is 2.27. The number of hydrogen-bond donors (Lipinski definition) is 0.